The molecule has 2 aliphatic rings. The molecule has 2 heterocycles. The summed E-state index contributed by atoms with van der Waals surface area (Å²) in [7, 11) is -3.68. The fourth-order valence-corrected chi connectivity index (χ4v) is 3.72. The van der Waals surface area contributed by atoms with Crippen LogP contribution in [-0.2, 0) is 14.8 Å². The number of hydrogen-bond acceptors (Lipinski definition) is 4. The molecule has 2 atom stereocenters. The molecule has 3 N–H and O–H groups in total. The van der Waals surface area contributed by atoms with Crippen molar-refractivity contribution in [3.8, 4) is 0 Å². The van der Waals surface area contributed by atoms with Crippen LogP contribution in [-0.4, -0.2) is 43.4 Å². The van der Waals surface area contributed by atoms with E-state index in [-0.39, 0.29) is 6.04 Å². The first-order valence-electron chi connectivity index (χ1n) is 5.42. The molecule has 0 aromatic heterocycles. The molecule has 7 heteroatoms. The van der Waals surface area contributed by atoms with Gasteiger partial charge in [0.25, 0.3) is 0 Å². The fourth-order valence-electron chi connectivity index (χ4n) is 2.61. The lowest BCUT2D eigenvalue weighted by molar-refractivity contribution is -0.134. The molecular weight excluding hydrogens is 232 g/mol. The third kappa shape index (κ3) is 2.93. The monoisotopic (exact) mass is 248 g/mol. The minimum atomic E-state index is -3.68. The van der Waals surface area contributed by atoms with Crippen molar-refractivity contribution in [3.63, 3.8) is 0 Å². The van der Waals surface area contributed by atoms with Gasteiger partial charge in [-0.3, -0.25) is 4.79 Å². The molecule has 0 saturated carbocycles. The number of rotatable bonds is 4. The van der Waals surface area contributed by atoms with Gasteiger partial charge >= 0.3 is 5.97 Å². The molecule has 2 bridgehead atoms. The van der Waals surface area contributed by atoms with Gasteiger partial charge in [-0.05, 0) is 25.7 Å². The highest BCUT2D eigenvalue weighted by Gasteiger charge is 2.35. The Kier molecular flexibility index (Phi) is 3.18. The van der Waals surface area contributed by atoms with Gasteiger partial charge in [-0.2, -0.15) is 0 Å². The van der Waals surface area contributed by atoms with E-state index in [1.165, 1.54) is 0 Å². The molecular formula is C9H16N2O4S. The summed E-state index contributed by atoms with van der Waals surface area (Å²) in [4.78, 5) is 10.4. The summed E-state index contributed by atoms with van der Waals surface area (Å²) in [6.07, 6.45) is 3.69. The first kappa shape index (κ1) is 11.8. The first-order chi connectivity index (χ1) is 7.44. The Morgan fingerprint density at radius 1 is 1.31 bits per heavy atom. The third-order valence-electron chi connectivity index (χ3n) is 3.13. The number of carboxylic acid groups (broad SMARTS) is 1. The zero-order valence-corrected chi connectivity index (χ0v) is 9.66. The van der Waals surface area contributed by atoms with E-state index in [0.717, 1.165) is 25.7 Å². The van der Waals surface area contributed by atoms with Crippen molar-refractivity contribution in [1.29, 1.82) is 0 Å². The van der Waals surface area contributed by atoms with E-state index in [1.54, 1.807) is 0 Å². The summed E-state index contributed by atoms with van der Waals surface area (Å²) >= 11 is 0. The minimum absolute atomic E-state index is 0.108. The summed E-state index contributed by atoms with van der Waals surface area (Å²) in [5, 5.41) is 11.9. The number of nitrogens with one attached hydrogen (secondary N) is 2. The van der Waals surface area contributed by atoms with Gasteiger partial charge in [-0.1, -0.05) is 0 Å². The van der Waals surface area contributed by atoms with E-state index < -0.39 is 21.7 Å². The predicted octanol–water partition coefficient (Wildman–Crippen LogP) is -0.727. The number of carboxylic acids is 1. The Morgan fingerprint density at radius 3 is 2.38 bits per heavy atom. The molecule has 2 aliphatic heterocycles. The molecule has 0 aliphatic carbocycles. The maximum absolute atomic E-state index is 11.4. The second kappa shape index (κ2) is 4.31. The Bertz CT molecular complexity index is 369. The topological polar surface area (TPSA) is 95.5 Å². The number of sulfonamides is 1. The van der Waals surface area contributed by atoms with Crippen LogP contribution in [0, 0.1) is 0 Å². The Balaban J connectivity index is 1.92. The van der Waals surface area contributed by atoms with E-state index in [1.807, 2.05) is 0 Å². The number of piperidine rings is 1. The van der Waals surface area contributed by atoms with E-state index in [2.05, 4.69) is 10.0 Å². The molecule has 2 unspecified atom stereocenters. The van der Waals surface area contributed by atoms with Crippen LogP contribution in [0.5, 0.6) is 0 Å². The SMILES string of the molecule is O=C(O)CS(=O)(=O)NC1CC2CCC(C1)N2. The second-order valence-electron chi connectivity index (χ2n) is 4.58. The molecule has 0 aromatic carbocycles. The van der Waals surface area contributed by atoms with Crippen molar-refractivity contribution >= 4 is 16.0 Å². The first-order valence-corrected chi connectivity index (χ1v) is 7.08. The second-order valence-corrected chi connectivity index (χ2v) is 6.33. The molecule has 0 spiro atoms. The van der Waals surface area contributed by atoms with Gasteiger partial charge in [0, 0.05) is 18.1 Å². The van der Waals surface area contributed by atoms with Gasteiger partial charge in [0.2, 0.25) is 10.0 Å². The van der Waals surface area contributed by atoms with Crippen molar-refractivity contribution in [2.24, 2.45) is 0 Å². The number of hydrogen-bond donors (Lipinski definition) is 3. The van der Waals surface area contributed by atoms with E-state index in [0.29, 0.717) is 12.1 Å². The van der Waals surface area contributed by atoms with Crippen LogP contribution in [0.25, 0.3) is 0 Å². The third-order valence-corrected chi connectivity index (χ3v) is 4.45. The van der Waals surface area contributed by atoms with Gasteiger partial charge in [-0.25, -0.2) is 13.1 Å². The largest absolute Gasteiger partial charge is 0.480 e. The Labute approximate surface area is 94.5 Å². The summed E-state index contributed by atoms with van der Waals surface area (Å²) in [6, 6.07) is 0.663. The smallest absolute Gasteiger partial charge is 0.320 e. The molecule has 2 fully saturated rings. The van der Waals surface area contributed by atoms with E-state index >= 15 is 0 Å². The average Bonchev–Trinajstić information content (AvgIpc) is 2.42. The van der Waals surface area contributed by atoms with Gasteiger partial charge in [0.15, 0.2) is 5.75 Å². The Hall–Kier alpha value is -0.660. The predicted molar refractivity (Wildman–Crippen MR) is 57.5 cm³/mol. The highest BCUT2D eigenvalue weighted by molar-refractivity contribution is 7.90. The maximum Gasteiger partial charge on any atom is 0.320 e. The standard InChI is InChI=1S/C9H16N2O4S/c12-9(13)5-16(14,15)11-8-3-6-1-2-7(4-8)10-6/h6-8,10-11H,1-5H2,(H,12,13). The molecule has 0 aromatic rings. The van der Waals surface area contributed by atoms with Gasteiger partial charge in [0.05, 0.1) is 0 Å². The lowest BCUT2D eigenvalue weighted by atomic mass is 10.0. The van der Waals surface area contributed by atoms with Crippen LogP contribution in [0.4, 0.5) is 0 Å². The van der Waals surface area contributed by atoms with Gasteiger partial charge in [0.1, 0.15) is 0 Å². The van der Waals surface area contributed by atoms with Crippen LogP contribution in [0.2, 0.25) is 0 Å². The number of aliphatic carboxylic acids is 1. The van der Waals surface area contributed by atoms with E-state index in [9.17, 15) is 13.2 Å². The van der Waals surface area contributed by atoms with Gasteiger partial charge < -0.3 is 10.4 Å². The zero-order chi connectivity index (χ0) is 11.8. The van der Waals surface area contributed by atoms with Gasteiger partial charge in [-0.15, -0.1) is 0 Å². The summed E-state index contributed by atoms with van der Waals surface area (Å²) < 4.78 is 25.3. The van der Waals surface area contributed by atoms with Crippen molar-refractivity contribution in [3.05, 3.63) is 0 Å². The molecule has 0 radical (unpaired) electrons. The highest BCUT2D eigenvalue weighted by Crippen LogP contribution is 2.26. The maximum atomic E-state index is 11.4. The fraction of sp³-hybridized carbons (Fsp3) is 0.889. The number of carbonyl (C=O) groups is 1. The molecule has 92 valence electrons. The van der Waals surface area contributed by atoms with Crippen molar-refractivity contribution < 1.29 is 18.3 Å². The minimum Gasteiger partial charge on any atom is -0.480 e. The normalized spacial score (nSPS) is 33.9. The molecule has 2 saturated heterocycles. The highest BCUT2D eigenvalue weighted by atomic mass is 32.2. The zero-order valence-electron chi connectivity index (χ0n) is 8.85. The molecule has 0 amide bonds. The van der Waals surface area contributed by atoms with Crippen LogP contribution in [0.3, 0.4) is 0 Å². The Morgan fingerprint density at radius 2 is 1.88 bits per heavy atom. The molecule has 2 rings (SSSR count). The lowest BCUT2D eigenvalue weighted by Gasteiger charge is -2.29. The van der Waals surface area contributed by atoms with Crippen molar-refractivity contribution in [1.82, 2.24) is 10.0 Å². The van der Waals surface area contributed by atoms with Crippen LogP contribution in [0.1, 0.15) is 25.7 Å². The van der Waals surface area contributed by atoms with Crippen molar-refractivity contribution in [2.75, 3.05) is 5.75 Å². The quantitative estimate of drug-likeness (QED) is 0.610. The van der Waals surface area contributed by atoms with Crippen molar-refractivity contribution in [2.45, 2.75) is 43.8 Å². The molecule has 16 heavy (non-hydrogen) atoms. The summed E-state index contributed by atoms with van der Waals surface area (Å²) in [5.41, 5.74) is 0. The molecule has 6 nitrogen and oxygen atoms in total. The van der Waals surface area contributed by atoms with E-state index in [4.69, 9.17) is 5.11 Å². The lowest BCUT2D eigenvalue weighted by Crippen LogP contribution is -2.48. The van der Waals surface area contributed by atoms with Crippen LogP contribution in [0.15, 0.2) is 0 Å². The van der Waals surface area contributed by atoms with Crippen LogP contribution < -0.4 is 10.0 Å². The number of fused-ring (bicyclic) bond motifs is 2. The summed E-state index contributed by atoms with van der Waals surface area (Å²) in [5.74, 6) is -2.16. The van der Waals surface area contributed by atoms with Crippen LogP contribution >= 0.6 is 0 Å². The summed E-state index contributed by atoms with van der Waals surface area (Å²) in [6.45, 7) is 0. The average molecular weight is 248 g/mol.